The Bertz CT molecular complexity index is 671. The van der Waals surface area contributed by atoms with Gasteiger partial charge in [-0.25, -0.2) is 0 Å². The summed E-state index contributed by atoms with van der Waals surface area (Å²) in [7, 11) is 2.05. The number of benzene rings is 1. The van der Waals surface area contributed by atoms with Crippen molar-refractivity contribution in [2.24, 2.45) is 7.05 Å². The topological polar surface area (TPSA) is 43.3 Å². The summed E-state index contributed by atoms with van der Waals surface area (Å²) >= 11 is 0. The largest absolute Gasteiger partial charge is 0.379 e. The molecule has 0 aliphatic carbocycles. The minimum Gasteiger partial charge on any atom is -0.379 e. The quantitative estimate of drug-likeness (QED) is 0.832. The van der Waals surface area contributed by atoms with E-state index < -0.39 is 0 Å². The van der Waals surface area contributed by atoms with Gasteiger partial charge in [-0.2, -0.15) is 0 Å². The summed E-state index contributed by atoms with van der Waals surface area (Å²) in [6.45, 7) is 9.53. The van der Waals surface area contributed by atoms with Gasteiger partial charge in [-0.15, -0.1) is 0 Å². The Morgan fingerprint density at radius 3 is 2.73 bits per heavy atom. The van der Waals surface area contributed by atoms with Gasteiger partial charge in [0.05, 0.1) is 6.10 Å². The van der Waals surface area contributed by atoms with Gasteiger partial charge >= 0.3 is 0 Å². The van der Waals surface area contributed by atoms with E-state index in [9.17, 15) is 4.79 Å². The number of nitrogens with one attached hydrogen (secondary N) is 1. The second-order valence-electron chi connectivity index (χ2n) is 6.03. The van der Waals surface area contributed by atoms with Crippen molar-refractivity contribution in [3.05, 3.63) is 35.0 Å². The van der Waals surface area contributed by atoms with Gasteiger partial charge in [-0.3, -0.25) is 4.79 Å². The van der Waals surface area contributed by atoms with E-state index >= 15 is 0 Å². The molecule has 2 aromatic rings. The first-order valence-corrected chi connectivity index (χ1v) is 7.87. The Morgan fingerprint density at radius 2 is 2.05 bits per heavy atom. The molecular formula is C18H26N2O2. The smallest absolute Gasteiger partial charge is 0.251 e. The standard InChI is InChI=1S/C18H26N2O2/c1-12(2)22-10-6-9-19-18(21)15-7-8-17-16(11-15)13(3)14(4)20(17)5/h7-8,11-12H,6,9-10H2,1-5H3,(H,19,21). The van der Waals surface area contributed by atoms with Gasteiger partial charge < -0.3 is 14.6 Å². The summed E-state index contributed by atoms with van der Waals surface area (Å²) in [4.78, 5) is 12.2. The van der Waals surface area contributed by atoms with Crippen LogP contribution < -0.4 is 5.32 Å². The number of carbonyl (C=O) groups is 1. The lowest BCUT2D eigenvalue weighted by Gasteiger charge is -2.08. The molecule has 4 heteroatoms. The molecule has 0 unspecified atom stereocenters. The predicted molar refractivity (Wildman–Crippen MR) is 90.4 cm³/mol. The van der Waals surface area contributed by atoms with Crippen LogP contribution in [0.15, 0.2) is 18.2 Å². The van der Waals surface area contributed by atoms with E-state index in [0.717, 1.165) is 17.3 Å². The molecular weight excluding hydrogens is 276 g/mol. The molecule has 120 valence electrons. The maximum atomic E-state index is 12.2. The molecule has 0 saturated carbocycles. The van der Waals surface area contributed by atoms with Gasteiger partial charge in [0.1, 0.15) is 0 Å². The molecule has 0 aliphatic rings. The molecule has 0 bridgehead atoms. The first kappa shape index (κ1) is 16.6. The van der Waals surface area contributed by atoms with Crippen molar-refractivity contribution in [2.75, 3.05) is 13.2 Å². The highest BCUT2D eigenvalue weighted by Gasteiger charge is 2.11. The van der Waals surface area contributed by atoms with Gasteiger partial charge in [0.2, 0.25) is 0 Å². The summed E-state index contributed by atoms with van der Waals surface area (Å²) in [5.41, 5.74) is 4.35. The number of fused-ring (bicyclic) bond motifs is 1. The molecule has 0 radical (unpaired) electrons. The number of hydrogen-bond acceptors (Lipinski definition) is 2. The van der Waals surface area contributed by atoms with E-state index in [1.54, 1.807) is 0 Å². The Kier molecular flexibility index (Phi) is 5.24. The highest BCUT2D eigenvalue weighted by atomic mass is 16.5. The number of ether oxygens (including phenoxy) is 1. The van der Waals surface area contributed by atoms with Crippen LogP contribution in [-0.4, -0.2) is 29.7 Å². The average molecular weight is 302 g/mol. The average Bonchev–Trinajstić information content (AvgIpc) is 2.71. The number of carbonyl (C=O) groups excluding carboxylic acids is 1. The molecule has 1 N–H and O–H groups in total. The third-order valence-electron chi connectivity index (χ3n) is 4.13. The lowest BCUT2D eigenvalue weighted by atomic mass is 10.1. The third kappa shape index (κ3) is 3.50. The highest BCUT2D eigenvalue weighted by molar-refractivity contribution is 5.99. The van der Waals surface area contributed by atoms with Gasteiger partial charge in [0.25, 0.3) is 5.91 Å². The van der Waals surface area contributed by atoms with Gasteiger partial charge in [0, 0.05) is 42.4 Å². The first-order valence-electron chi connectivity index (χ1n) is 7.87. The Morgan fingerprint density at radius 1 is 1.32 bits per heavy atom. The highest BCUT2D eigenvalue weighted by Crippen LogP contribution is 2.25. The lowest BCUT2D eigenvalue weighted by Crippen LogP contribution is -2.25. The number of hydrogen-bond donors (Lipinski definition) is 1. The molecule has 1 heterocycles. The first-order chi connectivity index (χ1) is 10.4. The molecule has 0 aliphatic heterocycles. The fourth-order valence-electron chi connectivity index (χ4n) is 2.59. The van der Waals surface area contributed by atoms with Crippen LogP contribution in [0, 0.1) is 13.8 Å². The van der Waals surface area contributed by atoms with Crippen molar-refractivity contribution in [1.82, 2.24) is 9.88 Å². The fourth-order valence-corrected chi connectivity index (χ4v) is 2.59. The Balaban J connectivity index is 2.01. The normalized spacial score (nSPS) is 11.4. The second kappa shape index (κ2) is 6.97. The molecule has 0 atom stereocenters. The van der Waals surface area contributed by atoms with Crippen LogP contribution >= 0.6 is 0 Å². The van der Waals surface area contributed by atoms with Crippen LogP contribution in [-0.2, 0) is 11.8 Å². The summed E-state index contributed by atoms with van der Waals surface area (Å²) in [5.74, 6) is -0.0210. The van der Waals surface area contributed by atoms with E-state index in [1.807, 2.05) is 32.0 Å². The molecule has 1 aromatic heterocycles. The fraction of sp³-hybridized carbons (Fsp3) is 0.500. The van der Waals surface area contributed by atoms with E-state index in [4.69, 9.17) is 4.74 Å². The summed E-state index contributed by atoms with van der Waals surface area (Å²) in [6, 6.07) is 5.89. The van der Waals surface area contributed by atoms with Crippen LogP contribution in [0.5, 0.6) is 0 Å². The van der Waals surface area contributed by atoms with Crippen LogP contribution in [0.3, 0.4) is 0 Å². The van der Waals surface area contributed by atoms with Crippen molar-refractivity contribution in [3.8, 4) is 0 Å². The zero-order valence-corrected chi connectivity index (χ0v) is 14.2. The van der Waals surface area contributed by atoms with Crippen molar-refractivity contribution >= 4 is 16.8 Å². The number of nitrogens with zero attached hydrogens (tertiary/aromatic N) is 1. The van der Waals surface area contributed by atoms with Gasteiger partial charge in [-0.1, -0.05) is 0 Å². The van der Waals surface area contributed by atoms with Gasteiger partial charge in [-0.05, 0) is 57.9 Å². The molecule has 4 nitrogen and oxygen atoms in total. The molecule has 22 heavy (non-hydrogen) atoms. The van der Waals surface area contributed by atoms with Crippen LogP contribution in [0.25, 0.3) is 10.9 Å². The Labute approximate surface area is 132 Å². The number of rotatable bonds is 6. The number of aryl methyl sites for hydroxylation is 2. The summed E-state index contributed by atoms with van der Waals surface area (Å²) < 4.78 is 7.63. The molecule has 1 aromatic carbocycles. The van der Waals surface area contributed by atoms with Crippen molar-refractivity contribution in [1.29, 1.82) is 0 Å². The minimum absolute atomic E-state index is 0.0210. The molecule has 2 rings (SSSR count). The minimum atomic E-state index is -0.0210. The summed E-state index contributed by atoms with van der Waals surface area (Å²) in [5, 5.41) is 4.10. The molecule has 0 spiro atoms. The van der Waals surface area contributed by atoms with Crippen LogP contribution in [0.2, 0.25) is 0 Å². The molecule has 1 amide bonds. The predicted octanol–water partition coefficient (Wildman–Crippen LogP) is 3.34. The van der Waals surface area contributed by atoms with E-state index in [2.05, 4.69) is 30.8 Å². The van der Waals surface area contributed by atoms with Crippen molar-refractivity contribution < 1.29 is 9.53 Å². The second-order valence-corrected chi connectivity index (χ2v) is 6.03. The van der Waals surface area contributed by atoms with Crippen molar-refractivity contribution in [3.63, 3.8) is 0 Å². The zero-order chi connectivity index (χ0) is 16.3. The van der Waals surface area contributed by atoms with Crippen LogP contribution in [0.1, 0.15) is 41.9 Å². The monoisotopic (exact) mass is 302 g/mol. The van der Waals surface area contributed by atoms with Crippen LogP contribution in [0.4, 0.5) is 0 Å². The SMILES string of the molecule is Cc1c(C)n(C)c2ccc(C(=O)NCCCOC(C)C)cc12. The zero-order valence-electron chi connectivity index (χ0n) is 14.2. The van der Waals surface area contributed by atoms with E-state index in [-0.39, 0.29) is 12.0 Å². The lowest BCUT2D eigenvalue weighted by molar-refractivity contribution is 0.0757. The molecule has 0 saturated heterocycles. The summed E-state index contributed by atoms with van der Waals surface area (Å²) in [6.07, 6.45) is 1.07. The van der Waals surface area contributed by atoms with Gasteiger partial charge in [0.15, 0.2) is 0 Å². The maximum absolute atomic E-state index is 12.2. The maximum Gasteiger partial charge on any atom is 0.251 e. The van der Waals surface area contributed by atoms with Crippen molar-refractivity contribution in [2.45, 2.75) is 40.2 Å². The number of aromatic nitrogens is 1. The van der Waals surface area contributed by atoms with E-state index in [0.29, 0.717) is 18.7 Å². The Hall–Kier alpha value is -1.81. The van der Waals surface area contributed by atoms with E-state index in [1.165, 1.54) is 11.3 Å². The molecule has 0 fully saturated rings. The number of amides is 1. The third-order valence-corrected chi connectivity index (χ3v) is 4.13.